The van der Waals surface area contributed by atoms with Gasteiger partial charge in [-0.2, -0.15) is 8.78 Å². The van der Waals surface area contributed by atoms with Crippen molar-refractivity contribution in [1.29, 1.82) is 0 Å². The molecule has 3 aromatic rings. The molecule has 0 bridgehead atoms. The van der Waals surface area contributed by atoms with Crippen molar-refractivity contribution in [1.82, 2.24) is 14.4 Å². The van der Waals surface area contributed by atoms with Crippen molar-refractivity contribution >= 4 is 11.4 Å². The van der Waals surface area contributed by atoms with Gasteiger partial charge in [0.2, 0.25) is 5.88 Å². The lowest BCUT2D eigenvalue weighted by Gasteiger charge is -2.19. The number of ether oxygens (including phenoxy) is 3. The molecule has 3 aromatic heterocycles. The van der Waals surface area contributed by atoms with Gasteiger partial charge in [-0.15, -0.1) is 0 Å². The Morgan fingerprint density at radius 2 is 2.06 bits per heavy atom. The summed E-state index contributed by atoms with van der Waals surface area (Å²) in [6, 6.07) is 6.03. The molecule has 0 saturated carbocycles. The van der Waals surface area contributed by atoms with Crippen LogP contribution >= 0.6 is 0 Å². The van der Waals surface area contributed by atoms with E-state index in [1.165, 1.54) is 18.2 Å². The highest BCUT2D eigenvalue weighted by Gasteiger charge is 2.21. The molecule has 1 saturated heterocycles. The lowest BCUT2D eigenvalue weighted by atomic mass is 9.97. The minimum atomic E-state index is -3.00. The summed E-state index contributed by atoms with van der Waals surface area (Å²) in [5, 5.41) is 0. The Morgan fingerprint density at radius 1 is 1.26 bits per heavy atom. The summed E-state index contributed by atoms with van der Waals surface area (Å²) in [5.41, 5.74) is 2.45. The van der Waals surface area contributed by atoms with Gasteiger partial charge < -0.3 is 18.6 Å². The van der Waals surface area contributed by atoms with Crippen LogP contribution < -0.4 is 9.47 Å². The second-order valence-electron chi connectivity index (χ2n) is 7.25. The Labute approximate surface area is 178 Å². The number of halogens is 2. The van der Waals surface area contributed by atoms with Crippen LogP contribution in [0, 0.1) is 0 Å². The van der Waals surface area contributed by atoms with Crippen molar-refractivity contribution in [3.05, 3.63) is 53.6 Å². The summed E-state index contributed by atoms with van der Waals surface area (Å²) in [7, 11) is 0. The van der Waals surface area contributed by atoms with E-state index in [0.717, 1.165) is 37.4 Å². The molecule has 0 aromatic carbocycles. The van der Waals surface area contributed by atoms with Crippen LogP contribution in [0.4, 0.5) is 8.78 Å². The van der Waals surface area contributed by atoms with Gasteiger partial charge in [-0.1, -0.05) is 6.07 Å². The Hall–Kier alpha value is -3.07. The van der Waals surface area contributed by atoms with Crippen molar-refractivity contribution in [3.63, 3.8) is 0 Å². The molecule has 0 amide bonds. The first-order valence-corrected chi connectivity index (χ1v) is 10.2. The second kappa shape index (κ2) is 9.38. The van der Waals surface area contributed by atoms with Crippen LogP contribution in [0.2, 0.25) is 0 Å². The number of carbonyl (C=O) groups excluding carboxylic acids is 1. The fourth-order valence-electron chi connectivity index (χ4n) is 3.68. The number of ketones is 1. The minimum absolute atomic E-state index is 0.00118. The van der Waals surface area contributed by atoms with Crippen molar-refractivity contribution in [3.8, 4) is 11.6 Å². The van der Waals surface area contributed by atoms with Crippen LogP contribution in [0.3, 0.4) is 0 Å². The zero-order valence-corrected chi connectivity index (χ0v) is 17.1. The molecule has 4 rings (SSSR count). The van der Waals surface area contributed by atoms with Crippen molar-refractivity contribution < 1.29 is 27.8 Å². The van der Waals surface area contributed by atoms with Crippen LogP contribution in [0.15, 0.2) is 36.7 Å². The molecule has 0 unspecified atom stereocenters. The topological polar surface area (TPSA) is 75.0 Å². The highest BCUT2D eigenvalue weighted by atomic mass is 19.3. The van der Waals surface area contributed by atoms with E-state index < -0.39 is 6.61 Å². The standard InChI is InChI=1S/C22H23F2N3O4/c1-2-30-19-11-20-25-17(14-6-8-29-9-7-14)13-27(20)12-15(19)10-18(28)16-4-3-5-21(26-16)31-22(23)24/h3-5,11-14,22H,2,6-10H2,1H3. The van der Waals surface area contributed by atoms with Gasteiger partial charge in [0.15, 0.2) is 5.78 Å². The predicted molar refractivity (Wildman–Crippen MR) is 108 cm³/mol. The van der Waals surface area contributed by atoms with Crippen LogP contribution in [0.5, 0.6) is 11.6 Å². The maximum atomic E-state index is 12.8. The van der Waals surface area contributed by atoms with E-state index in [4.69, 9.17) is 14.5 Å². The fraction of sp³-hybridized carbons (Fsp3) is 0.409. The molecule has 9 heteroatoms. The van der Waals surface area contributed by atoms with Crippen LogP contribution in [-0.2, 0) is 11.2 Å². The molecule has 0 atom stereocenters. The average molecular weight is 431 g/mol. The third-order valence-electron chi connectivity index (χ3n) is 5.16. The van der Waals surface area contributed by atoms with E-state index in [0.29, 0.717) is 23.8 Å². The predicted octanol–water partition coefficient (Wildman–Crippen LogP) is 4.05. The van der Waals surface area contributed by atoms with E-state index >= 15 is 0 Å². The summed E-state index contributed by atoms with van der Waals surface area (Å²) >= 11 is 0. The highest BCUT2D eigenvalue weighted by Crippen LogP contribution is 2.29. The number of aromatic nitrogens is 3. The maximum absolute atomic E-state index is 12.8. The van der Waals surface area contributed by atoms with E-state index in [1.807, 2.05) is 29.8 Å². The number of hydrogen-bond donors (Lipinski definition) is 0. The molecular weight excluding hydrogens is 408 g/mol. The quantitative estimate of drug-likeness (QED) is 0.501. The highest BCUT2D eigenvalue weighted by molar-refractivity contribution is 5.96. The molecule has 0 N–H and O–H groups in total. The molecule has 1 aliphatic heterocycles. The number of fused-ring (bicyclic) bond motifs is 1. The van der Waals surface area contributed by atoms with Crippen molar-refractivity contribution in [2.75, 3.05) is 19.8 Å². The summed E-state index contributed by atoms with van der Waals surface area (Å²) < 4.78 is 42.2. The molecule has 31 heavy (non-hydrogen) atoms. The molecule has 0 spiro atoms. The molecule has 7 nitrogen and oxygen atoms in total. The first-order chi connectivity index (χ1) is 15.0. The molecule has 0 radical (unpaired) electrons. The Morgan fingerprint density at radius 3 is 2.81 bits per heavy atom. The number of rotatable bonds is 8. The van der Waals surface area contributed by atoms with Crippen LogP contribution in [-0.4, -0.2) is 46.6 Å². The van der Waals surface area contributed by atoms with E-state index in [1.54, 1.807) is 0 Å². The zero-order chi connectivity index (χ0) is 21.8. The van der Waals surface area contributed by atoms with Crippen molar-refractivity contribution in [2.24, 2.45) is 0 Å². The second-order valence-corrected chi connectivity index (χ2v) is 7.25. The van der Waals surface area contributed by atoms with E-state index in [9.17, 15) is 13.6 Å². The monoisotopic (exact) mass is 431 g/mol. The first-order valence-electron chi connectivity index (χ1n) is 10.2. The summed E-state index contributed by atoms with van der Waals surface area (Å²) in [5.74, 6) is 0.283. The van der Waals surface area contributed by atoms with Gasteiger partial charge in [-0.25, -0.2) is 9.97 Å². The Balaban J connectivity index is 1.61. The van der Waals surface area contributed by atoms with Crippen molar-refractivity contribution in [2.45, 2.75) is 38.7 Å². The lowest BCUT2D eigenvalue weighted by molar-refractivity contribution is -0.0529. The average Bonchev–Trinajstić information content (AvgIpc) is 3.17. The fourth-order valence-corrected chi connectivity index (χ4v) is 3.68. The smallest absolute Gasteiger partial charge is 0.388 e. The van der Waals surface area contributed by atoms with Crippen LogP contribution in [0.25, 0.3) is 5.65 Å². The van der Waals surface area contributed by atoms with Gasteiger partial charge in [-0.05, 0) is 25.8 Å². The Kier molecular flexibility index (Phi) is 6.41. The van der Waals surface area contributed by atoms with E-state index in [-0.39, 0.29) is 23.8 Å². The minimum Gasteiger partial charge on any atom is -0.493 e. The third kappa shape index (κ3) is 4.99. The number of nitrogens with zero attached hydrogens (tertiary/aromatic N) is 3. The number of pyridine rings is 2. The van der Waals surface area contributed by atoms with Crippen LogP contribution in [0.1, 0.15) is 47.4 Å². The zero-order valence-electron chi connectivity index (χ0n) is 17.1. The van der Waals surface area contributed by atoms with Gasteiger partial charge in [0.05, 0.1) is 12.3 Å². The largest absolute Gasteiger partial charge is 0.493 e. The van der Waals surface area contributed by atoms with Gasteiger partial charge in [0.1, 0.15) is 17.1 Å². The summed E-state index contributed by atoms with van der Waals surface area (Å²) in [4.78, 5) is 21.4. The maximum Gasteiger partial charge on any atom is 0.388 e. The molecule has 4 heterocycles. The molecule has 1 aliphatic rings. The van der Waals surface area contributed by atoms with E-state index in [2.05, 4.69) is 9.72 Å². The molecule has 164 valence electrons. The number of alkyl halides is 2. The van der Waals surface area contributed by atoms with Gasteiger partial charge in [-0.3, -0.25) is 4.79 Å². The third-order valence-corrected chi connectivity index (χ3v) is 5.16. The number of imidazole rings is 1. The number of hydrogen-bond acceptors (Lipinski definition) is 6. The SMILES string of the molecule is CCOc1cc2nc(C3CCOCC3)cn2cc1CC(=O)c1cccc(OC(F)F)n1. The molecule has 0 aliphatic carbocycles. The lowest BCUT2D eigenvalue weighted by Crippen LogP contribution is -2.14. The molecule has 1 fully saturated rings. The van der Waals surface area contributed by atoms with Gasteiger partial charge in [0.25, 0.3) is 0 Å². The Bertz CT molecular complexity index is 1060. The molecular formula is C22H23F2N3O4. The summed E-state index contributed by atoms with van der Waals surface area (Å²) in [6.07, 6.45) is 5.66. The number of Topliss-reactive ketones (excluding diaryl/α,β-unsaturated/α-hetero) is 1. The number of carbonyl (C=O) groups is 1. The normalized spacial score (nSPS) is 14.8. The van der Waals surface area contributed by atoms with Gasteiger partial charge in [0, 0.05) is 55.6 Å². The van der Waals surface area contributed by atoms with Gasteiger partial charge >= 0.3 is 6.61 Å². The first kappa shape index (κ1) is 21.2. The summed E-state index contributed by atoms with van der Waals surface area (Å²) in [6.45, 7) is 0.742.